The normalized spacial score (nSPS) is 15.6. The second-order valence-corrected chi connectivity index (χ2v) is 3.57. The molecule has 2 unspecified atom stereocenters. The third-order valence-corrected chi connectivity index (χ3v) is 1.50. The van der Waals surface area contributed by atoms with Gasteiger partial charge in [0.2, 0.25) is 5.91 Å². The van der Waals surface area contributed by atoms with Crippen LogP contribution in [0.5, 0.6) is 0 Å². The smallest absolute Gasteiger partial charge is 0.233 e. The Hall–Kier alpha value is -0.130. The molecule has 0 aromatic carbocycles. The highest BCUT2D eigenvalue weighted by Crippen LogP contribution is 1.95. The fourth-order valence-electron chi connectivity index (χ4n) is 0.424. The van der Waals surface area contributed by atoms with E-state index in [1.807, 2.05) is 0 Å². The number of hydrogen-bond donors (Lipinski definition) is 3. The van der Waals surface area contributed by atoms with Crippen LogP contribution in [0.15, 0.2) is 0 Å². The van der Waals surface area contributed by atoms with E-state index in [0.29, 0.717) is 0 Å². The zero-order valence-corrected chi connectivity index (χ0v) is 7.84. The van der Waals surface area contributed by atoms with Crippen molar-refractivity contribution < 1.29 is 15.0 Å². The molecule has 0 fully saturated rings. The first-order chi connectivity index (χ1) is 5.07. The van der Waals surface area contributed by atoms with Crippen LogP contribution in [0.2, 0.25) is 0 Å². The lowest BCUT2D eigenvalue weighted by molar-refractivity contribution is -0.120. The molecule has 1 amide bonds. The van der Waals surface area contributed by atoms with Crippen molar-refractivity contribution in [1.82, 2.24) is 5.32 Å². The summed E-state index contributed by atoms with van der Waals surface area (Å²) in [5, 5.41) is 19.6. The summed E-state index contributed by atoms with van der Waals surface area (Å²) in [6.45, 7) is 1.43. The SMILES string of the molecule is CC(Br)C(=O)NCC(O)CO. The fourth-order valence-corrected chi connectivity index (χ4v) is 0.585. The van der Waals surface area contributed by atoms with E-state index in [1.54, 1.807) is 6.92 Å². The van der Waals surface area contributed by atoms with Gasteiger partial charge in [0.25, 0.3) is 0 Å². The Balaban J connectivity index is 3.46. The van der Waals surface area contributed by atoms with E-state index < -0.39 is 6.10 Å². The largest absolute Gasteiger partial charge is 0.394 e. The van der Waals surface area contributed by atoms with Crippen LogP contribution in [0.1, 0.15) is 6.92 Å². The number of rotatable bonds is 4. The van der Waals surface area contributed by atoms with Crippen molar-refractivity contribution in [3.63, 3.8) is 0 Å². The van der Waals surface area contributed by atoms with Crippen LogP contribution in [-0.4, -0.2) is 40.2 Å². The number of carbonyl (C=O) groups excluding carboxylic acids is 1. The molecule has 0 aromatic heterocycles. The number of halogens is 1. The van der Waals surface area contributed by atoms with Gasteiger partial charge < -0.3 is 15.5 Å². The van der Waals surface area contributed by atoms with Crippen molar-refractivity contribution in [3.8, 4) is 0 Å². The van der Waals surface area contributed by atoms with E-state index >= 15 is 0 Å². The highest BCUT2D eigenvalue weighted by atomic mass is 79.9. The minimum atomic E-state index is -0.870. The van der Waals surface area contributed by atoms with Gasteiger partial charge >= 0.3 is 0 Å². The summed E-state index contributed by atoms with van der Waals surface area (Å²) in [6.07, 6.45) is -0.870. The summed E-state index contributed by atoms with van der Waals surface area (Å²) in [6, 6.07) is 0. The maximum absolute atomic E-state index is 10.8. The molecule has 5 heteroatoms. The maximum Gasteiger partial charge on any atom is 0.233 e. The number of aliphatic hydroxyl groups is 2. The molecule has 0 radical (unpaired) electrons. The summed E-state index contributed by atoms with van der Waals surface area (Å²) < 4.78 is 0. The van der Waals surface area contributed by atoms with Gasteiger partial charge in [-0.05, 0) is 6.92 Å². The average molecular weight is 226 g/mol. The molecule has 66 valence electrons. The van der Waals surface area contributed by atoms with Gasteiger partial charge in [0, 0.05) is 6.54 Å². The minimum Gasteiger partial charge on any atom is -0.394 e. The number of alkyl halides is 1. The van der Waals surface area contributed by atoms with Gasteiger partial charge in [-0.2, -0.15) is 0 Å². The molecule has 0 aliphatic heterocycles. The number of nitrogens with one attached hydrogen (secondary N) is 1. The molecule has 2 atom stereocenters. The minimum absolute atomic E-state index is 0.0886. The maximum atomic E-state index is 10.8. The lowest BCUT2D eigenvalue weighted by Gasteiger charge is -2.09. The van der Waals surface area contributed by atoms with Gasteiger partial charge in [-0.15, -0.1) is 0 Å². The Bertz CT molecular complexity index is 129. The second kappa shape index (κ2) is 5.51. The molecular weight excluding hydrogens is 214 g/mol. The fraction of sp³-hybridized carbons (Fsp3) is 0.833. The Kier molecular flexibility index (Phi) is 5.45. The van der Waals surface area contributed by atoms with E-state index in [4.69, 9.17) is 10.2 Å². The first-order valence-corrected chi connectivity index (χ1v) is 4.20. The second-order valence-electron chi connectivity index (χ2n) is 2.20. The number of carbonyl (C=O) groups is 1. The molecule has 0 spiro atoms. The zero-order valence-electron chi connectivity index (χ0n) is 6.25. The van der Waals surface area contributed by atoms with Crippen molar-refractivity contribution in [2.75, 3.05) is 13.2 Å². The summed E-state index contributed by atoms with van der Waals surface area (Å²) in [7, 11) is 0. The summed E-state index contributed by atoms with van der Waals surface area (Å²) in [4.78, 5) is 10.5. The summed E-state index contributed by atoms with van der Waals surface area (Å²) >= 11 is 3.06. The molecular formula is C6H12BrNO3. The molecule has 0 rings (SSSR count). The van der Waals surface area contributed by atoms with Crippen molar-refractivity contribution in [2.24, 2.45) is 0 Å². The lowest BCUT2D eigenvalue weighted by atomic mass is 10.3. The molecule has 0 bridgehead atoms. The quantitative estimate of drug-likeness (QED) is 0.552. The van der Waals surface area contributed by atoms with Crippen molar-refractivity contribution in [1.29, 1.82) is 0 Å². The van der Waals surface area contributed by atoms with Crippen LogP contribution in [0.25, 0.3) is 0 Å². The Morgan fingerprint density at radius 1 is 1.73 bits per heavy atom. The van der Waals surface area contributed by atoms with E-state index in [2.05, 4.69) is 21.2 Å². The van der Waals surface area contributed by atoms with E-state index in [1.165, 1.54) is 0 Å². The lowest BCUT2D eigenvalue weighted by Crippen LogP contribution is -2.37. The Morgan fingerprint density at radius 3 is 2.64 bits per heavy atom. The highest BCUT2D eigenvalue weighted by molar-refractivity contribution is 9.10. The Morgan fingerprint density at radius 2 is 2.27 bits per heavy atom. The van der Waals surface area contributed by atoms with Crippen molar-refractivity contribution in [3.05, 3.63) is 0 Å². The first-order valence-electron chi connectivity index (χ1n) is 3.28. The zero-order chi connectivity index (χ0) is 8.85. The predicted molar refractivity (Wildman–Crippen MR) is 44.5 cm³/mol. The van der Waals surface area contributed by atoms with E-state index in [9.17, 15) is 4.79 Å². The van der Waals surface area contributed by atoms with Gasteiger partial charge in [0.1, 0.15) is 0 Å². The molecule has 0 aliphatic carbocycles. The van der Waals surface area contributed by atoms with Crippen LogP contribution in [0.4, 0.5) is 0 Å². The first kappa shape index (κ1) is 10.9. The van der Waals surface area contributed by atoms with Crippen LogP contribution in [-0.2, 0) is 4.79 Å². The molecule has 0 heterocycles. The molecule has 4 nitrogen and oxygen atoms in total. The van der Waals surface area contributed by atoms with Gasteiger partial charge in [-0.25, -0.2) is 0 Å². The van der Waals surface area contributed by atoms with Gasteiger partial charge in [0.05, 0.1) is 17.5 Å². The molecule has 0 saturated carbocycles. The van der Waals surface area contributed by atoms with Crippen LogP contribution in [0.3, 0.4) is 0 Å². The third kappa shape index (κ3) is 5.17. The monoisotopic (exact) mass is 225 g/mol. The van der Waals surface area contributed by atoms with E-state index in [0.717, 1.165) is 0 Å². The standard InChI is InChI=1S/C6H12BrNO3/c1-4(7)6(11)8-2-5(10)3-9/h4-5,9-10H,2-3H2,1H3,(H,8,11). The van der Waals surface area contributed by atoms with Gasteiger partial charge in [-0.1, -0.05) is 15.9 Å². The van der Waals surface area contributed by atoms with Crippen LogP contribution >= 0.6 is 15.9 Å². The van der Waals surface area contributed by atoms with Crippen molar-refractivity contribution in [2.45, 2.75) is 17.9 Å². The molecule has 0 aliphatic rings. The molecule has 0 saturated heterocycles. The number of hydrogen-bond acceptors (Lipinski definition) is 3. The third-order valence-electron chi connectivity index (χ3n) is 1.08. The van der Waals surface area contributed by atoms with Crippen LogP contribution in [0, 0.1) is 0 Å². The number of aliphatic hydroxyl groups excluding tert-OH is 2. The van der Waals surface area contributed by atoms with Crippen molar-refractivity contribution >= 4 is 21.8 Å². The average Bonchev–Trinajstić information content (AvgIpc) is 1.99. The Labute approximate surface area is 73.7 Å². The van der Waals surface area contributed by atoms with Gasteiger partial charge in [-0.3, -0.25) is 4.79 Å². The highest BCUT2D eigenvalue weighted by Gasteiger charge is 2.09. The summed E-state index contributed by atoms with van der Waals surface area (Å²) in [5.74, 6) is -0.197. The number of amides is 1. The predicted octanol–water partition coefficient (Wildman–Crippen LogP) is -0.761. The van der Waals surface area contributed by atoms with Crippen LogP contribution < -0.4 is 5.32 Å². The van der Waals surface area contributed by atoms with E-state index in [-0.39, 0.29) is 23.9 Å². The summed E-state index contributed by atoms with van der Waals surface area (Å²) in [5.41, 5.74) is 0. The molecule has 11 heavy (non-hydrogen) atoms. The topological polar surface area (TPSA) is 69.6 Å². The van der Waals surface area contributed by atoms with Gasteiger partial charge in [0.15, 0.2) is 0 Å². The molecule has 3 N–H and O–H groups in total. The molecule has 0 aromatic rings.